The molecule has 0 spiro atoms. The molecule has 0 bridgehead atoms. The van der Waals surface area contributed by atoms with Crippen LogP contribution in [0.25, 0.3) is 0 Å². The number of carboxylic acids is 1. The Hall–Kier alpha value is -2.13. The Morgan fingerprint density at radius 2 is 2.10 bits per heavy atom. The van der Waals surface area contributed by atoms with Gasteiger partial charge in [-0.3, -0.25) is 9.69 Å². The normalized spacial score (nSPS) is 17.6. The number of nitrogens with zero attached hydrogens (tertiary/aromatic N) is 4. The molecular formula is C14H18N4O2. The van der Waals surface area contributed by atoms with Crippen molar-refractivity contribution in [3.63, 3.8) is 0 Å². The van der Waals surface area contributed by atoms with E-state index in [4.69, 9.17) is 5.11 Å². The molecule has 20 heavy (non-hydrogen) atoms. The van der Waals surface area contributed by atoms with Gasteiger partial charge >= 0.3 is 5.97 Å². The molecule has 1 aliphatic rings. The number of rotatable bonds is 3. The molecule has 6 heteroatoms. The van der Waals surface area contributed by atoms with Crippen LogP contribution in [0.1, 0.15) is 18.1 Å². The number of pyridine rings is 1. The van der Waals surface area contributed by atoms with E-state index in [0.29, 0.717) is 37.6 Å². The van der Waals surface area contributed by atoms with Gasteiger partial charge in [-0.15, -0.1) is 0 Å². The van der Waals surface area contributed by atoms with Crippen LogP contribution in [0.2, 0.25) is 0 Å². The number of hydrogen-bond donors (Lipinski definition) is 1. The molecule has 1 atom stereocenters. The van der Waals surface area contributed by atoms with Crippen molar-refractivity contribution in [1.82, 2.24) is 9.88 Å². The number of aliphatic carboxylic acids is 1. The summed E-state index contributed by atoms with van der Waals surface area (Å²) < 4.78 is 0. The predicted octanol–water partition coefficient (Wildman–Crippen LogP) is 0.857. The molecule has 2 rings (SSSR count). The second kappa shape index (κ2) is 5.88. The molecule has 106 valence electrons. The molecule has 1 N–H and O–H groups in total. The van der Waals surface area contributed by atoms with Gasteiger partial charge in [-0.05, 0) is 25.5 Å². The summed E-state index contributed by atoms with van der Waals surface area (Å²) in [6.45, 7) is 6.28. The molecule has 1 aromatic rings. The first-order valence-corrected chi connectivity index (χ1v) is 6.62. The van der Waals surface area contributed by atoms with Crippen molar-refractivity contribution in [3.05, 3.63) is 23.4 Å². The molecule has 0 aliphatic carbocycles. The van der Waals surface area contributed by atoms with Crippen LogP contribution in [0.5, 0.6) is 0 Å². The highest BCUT2D eigenvalue weighted by atomic mass is 16.4. The van der Waals surface area contributed by atoms with Crippen LogP contribution >= 0.6 is 0 Å². The lowest BCUT2D eigenvalue weighted by molar-refractivity contribution is -0.142. The van der Waals surface area contributed by atoms with Crippen LogP contribution in [-0.2, 0) is 4.79 Å². The highest BCUT2D eigenvalue weighted by molar-refractivity contribution is 5.73. The van der Waals surface area contributed by atoms with Gasteiger partial charge in [-0.2, -0.15) is 5.26 Å². The van der Waals surface area contributed by atoms with Crippen LogP contribution in [0, 0.1) is 18.3 Å². The summed E-state index contributed by atoms with van der Waals surface area (Å²) in [4.78, 5) is 19.3. The van der Waals surface area contributed by atoms with E-state index in [-0.39, 0.29) is 0 Å². The van der Waals surface area contributed by atoms with Gasteiger partial charge in [-0.1, -0.05) is 0 Å². The maximum Gasteiger partial charge on any atom is 0.320 e. The van der Waals surface area contributed by atoms with E-state index in [9.17, 15) is 10.1 Å². The molecular weight excluding hydrogens is 256 g/mol. The molecule has 1 aromatic heterocycles. The Morgan fingerprint density at radius 3 is 2.65 bits per heavy atom. The number of piperazine rings is 1. The average Bonchev–Trinajstić information content (AvgIpc) is 2.46. The van der Waals surface area contributed by atoms with Gasteiger partial charge < -0.3 is 10.0 Å². The number of carbonyl (C=O) groups is 1. The summed E-state index contributed by atoms with van der Waals surface area (Å²) in [6, 6.07) is 3.55. The highest BCUT2D eigenvalue weighted by Gasteiger charge is 2.26. The van der Waals surface area contributed by atoms with E-state index >= 15 is 0 Å². The molecule has 0 radical (unpaired) electrons. The number of carboxylic acid groups (broad SMARTS) is 1. The van der Waals surface area contributed by atoms with Crippen molar-refractivity contribution in [2.45, 2.75) is 19.9 Å². The molecule has 0 aromatic carbocycles. The van der Waals surface area contributed by atoms with Gasteiger partial charge in [0.15, 0.2) is 0 Å². The molecule has 1 saturated heterocycles. The molecule has 0 amide bonds. The standard InChI is InChI=1S/C14H18N4O2/c1-10-3-4-16-13(12(10)9-15)18-7-5-17(6-8-18)11(2)14(19)20/h3-4,11H,5-8H2,1-2H3,(H,19,20). The van der Waals surface area contributed by atoms with Gasteiger partial charge in [0.1, 0.15) is 17.9 Å². The van der Waals surface area contributed by atoms with Gasteiger partial charge in [-0.25, -0.2) is 4.98 Å². The summed E-state index contributed by atoms with van der Waals surface area (Å²) in [5.41, 5.74) is 1.52. The largest absolute Gasteiger partial charge is 0.480 e. The van der Waals surface area contributed by atoms with E-state index in [0.717, 1.165) is 5.56 Å². The first-order chi connectivity index (χ1) is 9.54. The molecule has 2 heterocycles. The summed E-state index contributed by atoms with van der Waals surface area (Å²) in [7, 11) is 0. The molecule has 1 aliphatic heterocycles. The summed E-state index contributed by atoms with van der Waals surface area (Å²) in [5.74, 6) is -0.0972. The van der Waals surface area contributed by atoms with Crippen molar-refractivity contribution in [2.24, 2.45) is 0 Å². The Labute approximate surface area is 118 Å². The zero-order valence-corrected chi connectivity index (χ0v) is 11.7. The number of anilines is 1. The van der Waals surface area contributed by atoms with Crippen LogP contribution in [0.4, 0.5) is 5.82 Å². The Kier molecular flexibility index (Phi) is 4.20. The van der Waals surface area contributed by atoms with Crippen LogP contribution < -0.4 is 4.90 Å². The summed E-state index contributed by atoms with van der Waals surface area (Å²) in [6.07, 6.45) is 1.71. The van der Waals surface area contributed by atoms with Gasteiger partial charge in [0, 0.05) is 32.4 Å². The maximum absolute atomic E-state index is 11.0. The van der Waals surface area contributed by atoms with E-state index in [1.807, 2.05) is 17.9 Å². The van der Waals surface area contributed by atoms with Crippen molar-refractivity contribution in [3.8, 4) is 6.07 Å². The first kappa shape index (κ1) is 14.3. The van der Waals surface area contributed by atoms with E-state index in [2.05, 4.69) is 16.0 Å². The lowest BCUT2D eigenvalue weighted by atomic mass is 10.1. The monoisotopic (exact) mass is 274 g/mol. The fraction of sp³-hybridized carbons (Fsp3) is 0.500. The molecule has 6 nitrogen and oxygen atoms in total. The number of hydrogen-bond acceptors (Lipinski definition) is 5. The van der Waals surface area contributed by atoms with Crippen molar-refractivity contribution in [2.75, 3.05) is 31.1 Å². The summed E-state index contributed by atoms with van der Waals surface area (Å²) >= 11 is 0. The highest BCUT2D eigenvalue weighted by Crippen LogP contribution is 2.21. The van der Waals surface area contributed by atoms with E-state index < -0.39 is 12.0 Å². The maximum atomic E-state index is 11.0. The number of aryl methyl sites for hydroxylation is 1. The first-order valence-electron chi connectivity index (χ1n) is 6.62. The van der Waals surface area contributed by atoms with Crippen molar-refractivity contribution >= 4 is 11.8 Å². The Bertz CT molecular complexity index is 545. The lowest BCUT2D eigenvalue weighted by Gasteiger charge is -2.37. The second-order valence-corrected chi connectivity index (χ2v) is 4.98. The number of aromatic nitrogens is 1. The topological polar surface area (TPSA) is 80.5 Å². The predicted molar refractivity (Wildman–Crippen MR) is 74.6 cm³/mol. The van der Waals surface area contributed by atoms with E-state index in [1.165, 1.54) is 0 Å². The fourth-order valence-corrected chi connectivity index (χ4v) is 2.40. The minimum atomic E-state index is -0.801. The van der Waals surface area contributed by atoms with Crippen LogP contribution in [0.15, 0.2) is 12.3 Å². The zero-order chi connectivity index (χ0) is 14.7. The second-order valence-electron chi connectivity index (χ2n) is 4.98. The lowest BCUT2D eigenvalue weighted by Crippen LogP contribution is -2.52. The van der Waals surface area contributed by atoms with Crippen molar-refractivity contribution < 1.29 is 9.90 Å². The minimum Gasteiger partial charge on any atom is -0.480 e. The Balaban J connectivity index is 2.10. The fourth-order valence-electron chi connectivity index (χ4n) is 2.40. The SMILES string of the molecule is Cc1ccnc(N2CCN(C(C)C(=O)O)CC2)c1C#N. The van der Waals surface area contributed by atoms with Crippen molar-refractivity contribution in [1.29, 1.82) is 5.26 Å². The number of nitriles is 1. The molecule has 0 saturated carbocycles. The third-order valence-electron chi connectivity index (χ3n) is 3.77. The van der Waals surface area contributed by atoms with Crippen LogP contribution in [-0.4, -0.2) is 53.2 Å². The molecule has 1 fully saturated rings. The van der Waals surface area contributed by atoms with Gasteiger partial charge in [0.2, 0.25) is 0 Å². The smallest absolute Gasteiger partial charge is 0.320 e. The average molecular weight is 274 g/mol. The van der Waals surface area contributed by atoms with Crippen LogP contribution in [0.3, 0.4) is 0 Å². The minimum absolute atomic E-state index is 0.474. The zero-order valence-electron chi connectivity index (χ0n) is 11.7. The third kappa shape index (κ3) is 2.73. The molecule has 1 unspecified atom stereocenters. The summed E-state index contributed by atoms with van der Waals surface area (Å²) in [5, 5.41) is 18.3. The van der Waals surface area contributed by atoms with E-state index in [1.54, 1.807) is 13.1 Å². The third-order valence-corrected chi connectivity index (χ3v) is 3.77. The Morgan fingerprint density at radius 1 is 1.45 bits per heavy atom. The quantitative estimate of drug-likeness (QED) is 0.880. The van der Waals surface area contributed by atoms with Gasteiger partial charge in [0.25, 0.3) is 0 Å². The van der Waals surface area contributed by atoms with Gasteiger partial charge in [0.05, 0.1) is 5.56 Å².